The average molecular weight is 420 g/mol. The molecule has 2 aromatic rings. The first-order valence-corrected chi connectivity index (χ1v) is 9.05. The lowest BCUT2D eigenvalue weighted by molar-refractivity contribution is -0.115. The second-order valence-electron chi connectivity index (χ2n) is 5.91. The summed E-state index contributed by atoms with van der Waals surface area (Å²) in [5.41, 5.74) is 1.16. The summed E-state index contributed by atoms with van der Waals surface area (Å²) < 4.78 is 5.55. The minimum absolute atomic E-state index is 0.0113. The van der Waals surface area contributed by atoms with Crippen LogP contribution < -0.4 is 10.6 Å². The minimum atomic E-state index is -0.475. The first-order chi connectivity index (χ1) is 12.5. The van der Waals surface area contributed by atoms with Crippen LogP contribution in [0, 0.1) is 0 Å². The van der Waals surface area contributed by atoms with Crippen LogP contribution in [0.25, 0.3) is 0 Å². The molecule has 0 radical (unpaired) electrons. The Labute approximate surface area is 158 Å². The zero-order valence-corrected chi connectivity index (χ0v) is 15.5. The Bertz CT molecular complexity index is 810. The van der Waals surface area contributed by atoms with Crippen LogP contribution in [0.5, 0.6) is 0 Å². The molecule has 0 aliphatic carbocycles. The predicted molar refractivity (Wildman–Crippen MR) is 99.0 cm³/mol. The van der Waals surface area contributed by atoms with Crippen LogP contribution in [0.1, 0.15) is 33.8 Å². The molecule has 1 saturated heterocycles. The summed E-state index contributed by atoms with van der Waals surface area (Å²) in [5.74, 6) is -0.716. The fourth-order valence-electron chi connectivity index (χ4n) is 2.69. The molecule has 1 aliphatic heterocycles. The van der Waals surface area contributed by atoms with E-state index in [0.717, 1.165) is 25.9 Å². The van der Waals surface area contributed by atoms with E-state index in [2.05, 4.69) is 26.6 Å². The maximum Gasteiger partial charge on any atom is 0.287 e. The van der Waals surface area contributed by atoms with Crippen molar-refractivity contribution in [3.8, 4) is 0 Å². The number of furan rings is 1. The molecular weight excluding hydrogens is 402 g/mol. The third kappa shape index (κ3) is 4.51. The highest BCUT2D eigenvalue weighted by molar-refractivity contribution is 9.10. The van der Waals surface area contributed by atoms with Gasteiger partial charge in [-0.3, -0.25) is 14.4 Å². The van der Waals surface area contributed by atoms with Crippen molar-refractivity contribution in [2.24, 2.45) is 0 Å². The molecule has 136 valence electrons. The molecule has 1 aromatic carbocycles. The summed E-state index contributed by atoms with van der Waals surface area (Å²) in [6.07, 6.45) is 2.08. The normalized spacial score (nSPS) is 13.5. The molecule has 0 atom stereocenters. The van der Waals surface area contributed by atoms with Crippen LogP contribution in [0.15, 0.2) is 45.5 Å². The average Bonchev–Trinajstić information content (AvgIpc) is 3.31. The molecule has 0 spiro atoms. The predicted octanol–water partition coefficient (Wildman–Crippen LogP) is 2.65. The molecule has 0 unspecified atom stereocenters. The number of hydrogen-bond acceptors (Lipinski definition) is 4. The highest BCUT2D eigenvalue weighted by Crippen LogP contribution is 2.16. The second kappa shape index (κ2) is 8.18. The third-order valence-electron chi connectivity index (χ3n) is 4.02. The Morgan fingerprint density at radius 3 is 2.35 bits per heavy atom. The second-order valence-corrected chi connectivity index (χ2v) is 6.69. The van der Waals surface area contributed by atoms with Crippen molar-refractivity contribution < 1.29 is 18.8 Å². The number of likely N-dealkylation sites (tertiary alicyclic amines) is 1. The van der Waals surface area contributed by atoms with Crippen molar-refractivity contribution >= 4 is 39.3 Å². The molecule has 1 aliphatic rings. The molecule has 3 amide bonds. The standard InChI is InChI=1S/C18H18BrN3O4/c19-15-8-7-14(26-15)17(24)20-11-16(23)21-13-5-3-12(4-6-13)18(25)22-9-1-2-10-22/h3-8H,1-2,9-11H2,(H,20,24)(H,21,23). The molecular formula is C18H18BrN3O4. The fraction of sp³-hybridized carbons (Fsp3) is 0.278. The monoisotopic (exact) mass is 419 g/mol. The van der Waals surface area contributed by atoms with Gasteiger partial charge in [0, 0.05) is 24.3 Å². The van der Waals surface area contributed by atoms with Gasteiger partial charge in [0.1, 0.15) is 0 Å². The Morgan fingerprint density at radius 2 is 1.73 bits per heavy atom. The van der Waals surface area contributed by atoms with E-state index in [9.17, 15) is 14.4 Å². The Kier molecular flexibility index (Phi) is 5.72. The number of anilines is 1. The summed E-state index contributed by atoms with van der Waals surface area (Å²) in [6, 6.07) is 9.83. The summed E-state index contributed by atoms with van der Waals surface area (Å²) in [7, 11) is 0. The van der Waals surface area contributed by atoms with Crippen LogP contribution in [0.2, 0.25) is 0 Å². The van der Waals surface area contributed by atoms with Gasteiger partial charge in [0.15, 0.2) is 10.4 Å². The van der Waals surface area contributed by atoms with Crippen molar-refractivity contribution in [3.63, 3.8) is 0 Å². The van der Waals surface area contributed by atoms with E-state index >= 15 is 0 Å². The zero-order chi connectivity index (χ0) is 18.5. The maximum atomic E-state index is 12.3. The molecule has 0 saturated carbocycles. The summed E-state index contributed by atoms with van der Waals surface area (Å²) in [6.45, 7) is 1.40. The summed E-state index contributed by atoms with van der Waals surface area (Å²) in [4.78, 5) is 37.9. The molecule has 2 N–H and O–H groups in total. The lowest BCUT2D eigenvalue weighted by Crippen LogP contribution is -2.32. The largest absolute Gasteiger partial charge is 0.444 e. The van der Waals surface area contributed by atoms with E-state index in [1.165, 1.54) is 6.07 Å². The van der Waals surface area contributed by atoms with E-state index in [1.807, 2.05) is 4.90 Å². The Hall–Kier alpha value is -2.61. The molecule has 1 fully saturated rings. The van der Waals surface area contributed by atoms with Gasteiger partial charge < -0.3 is 20.0 Å². The third-order valence-corrected chi connectivity index (χ3v) is 4.44. The van der Waals surface area contributed by atoms with Gasteiger partial charge in [0.2, 0.25) is 5.91 Å². The minimum Gasteiger partial charge on any atom is -0.444 e. The summed E-state index contributed by atoms with van der Waals surface area (Å²) >= 11 is 3.11. The number of rotatable bonds is 5. The highest BCUT2D eigenvalue weighted by atomic mass is 79.9. The molecule has 0 bridgehead atoms. The van der Waals surface area contributed by atoms with E-state index in [4.69, 9.17) is 4.42 Å². The van der Waals surface area contributed by atoms with Crippen molar-refractivity contribution in [2.75, 3.05) is 25.0 Å². The lowest BCUT2D eigenvalue weighted by atomic mass is 10.2. The van der Waals surface area contributed by atoms with Crippen molar-refractivity contribution in [1.29, 1.82) is 0 Å². The topological polar surface area (TPSA) is 91.6 Å². The van der Waals surface area contributed by atoms with Gasteiger partial charge in [0.25, 0.3) is 11.8 Å². The summed E-state index contributed by atoms with van der Waals surface area (Å²) in [5, 5.41) is 5.14. The van der Waals surface area contributed by atoms with Crippen LogP contribution >= 0.6 is 15.9 Å². The van der Waals surface area contributed by atoms with Gasteiger partial charge in [-0.25, -0.2) is 0 Å². The van der Waals surface area contributed by atoms with E-state index < -0.39 is 5.91 Å². The number of halogens is 1. The molecule has 2 heterocycles. The Balaban J connectivity index is 1.49. The van der Waals surface area contributed by atoms with Gasteiger partial charge in [-0.2, -0.15) is 0 Å². The van der Waals surface area contributed by atoms with Gasteiger partial charge in [0.05, 0.1) is 6.54 Å². The molecule has 3 rings (SSSR count). The van der Waals surface area contributed by atoms with Gasteiger partial charge in [-0.1, -0.05) is 0 Å². The van der Waals surface area contributed by atoms with Crippen molar-refractivity contribution in [2.45, 2.75) is 12.8 Å². The Morgan fingerprint density at radius 1 is 1.04 bits per heavy atom. The molecule has 26 heavy (non-hydrogen) atoms. The maximum absolute atomic E-state index is 12.3. The zero-order valence-electron chi connectivity index (χ0n) is 14.0. The van der Waals surface area contributed by atoms with Crippen molar-refractivity contribution in [3.05, 3.63) is 52.4 Å². The molecule has 7 nitrogen and oxygen atoms in total. The SMILES string of the molecule is O=C(CNC(=O)c1ccc(Br)o1)Nc1ccc(C(=O)N2CCCC2)cc1. The number of amides is 3. The first-order valence-electron chi connectivity index (χ1n) is 8.25. The van der Waals surface area contributed by atoms with Crippen molar-refractivity contribution in [1.82, 2.24) is 10.2 Å². The van der Waals surface area contributed by atoms with E-state index in [-0.39, 0.29) is 24.1 Å². The van der Waals surface area contributed by atoms with Gasteiger partial charge >= 0.3 is 0 Å². The van der Waals surface area contributed by atoms with Crippen LogP contribution in [-0.4, -0.2) is 42.3 Å². The fourth-order valence-corrected chi connectivity index (χ4v) is 2.99. The van der Waals surface area contributed by atoms with Gasteiger partial charge in [-0.05, 0) is 65.2 Å². The number of carbonyl (C=O) groups is 3. The smallest absolute Gasteiger partial charge is 0.287 e. The number of hydrogen-bond donors (Lipinski definition) is 2. The van der Waals surface area contributed by atoms with E-state index in [0.29, 0.717) is 15.9 Å². The quantitative estimate of drug-likeness (QED) is 0.778. The van der Waals surface area contributed by atoms with E-state index in [1.54, 1.807) is 30.3 Å². The van der Waals surface area contributed by atoms with Crippen LogP contribution in [-0.2, 0) is 4.79 Å². The molecule has 1 aromatic heterocycles. The van der Waals surface area contributed by atoms with Gasteiger partial charge in [-0.15, -0.1) is 0 Å². The lowest BCUT2D eigenvalue weighted by Gasteiger charge is -2.15. The number of nitrogens with one attached hydrogen (secondary N) is 2. The van der Waals surface area contributed by atoms with Crippen LogP contribution in [0.4, 0.5) is 5.69 Å². The number of benzene rings is 1. The number of carbonyl (C=O) groups excluding carboxylic acids is 3. The highest BCUT2D eigenvalue weighted by Gasteiger charge is 2.19. The molecule has 8 heteroatoms. The number of nitrogens with zero attached hydrogens (tertiary/aromatic N) is 1. The first kappa shape index (κ1) is 18.2. The van der Waals surface area contributed by atoms with Crippen LogP contribution in [0.3, 0.4) is 0 Å².